The minimum absolute atomic E-state index is 0.0415. The van der Waals surface area contributed by atoms with Gasteiger partial charge in [-0.1, -0.05) is 35.3 Å². The number of hydrogen-bond acceptors (Lipinski definition) is 6. The second-order valence-corrected chi connectivity index (χ2v) is 10.1. The molecule has 26 heavy (non-hydrogen) atoms. The average Bonchev–Trinajstić information content (AvgIpc) is 2.52. The molecule has 0 radical (unpaired) electrons. The van der Waals surface area contributed by atoms with E-state index >= 15 is 0 Å². The van der Waals surface area contributed by atoms with Gasteiger partial charge in [-0.2, -0.15) is 0 Å². The highest BCUT2D eigenvalue weighted by atomic mass is 35.5. The Balaban J connectivity index is 0.000000260. The van der Waals surface area contributed by atoms with Crippen LogP contribution >= 0.6 is 23.2 Å². The topological polar surface area (TPSA) is 106 Å². The number of carbonyl (C=O) groups is 1. The molecule has 0 spiro atoms. The number of aliphatic hydroxyl groups excluding tert-OH is 1. The van der Waals surface area contributed by atoms with Gasteiger partial charge in [0.15, 0.2) is 19.7 Å². The van der Waals surface area contributed by atoms with E-state index in [9.17, 15) is 21.6 Å². The molecule has 0 aliphatic heterocycles. The Morgan fingerprint density at radius 3 is 1.69 bits per heavy atom. The van der Waals surface area contributed by atoms with Crippen LogP contribution < -0.4 is 0 Å². The average molecular weight is 439 g/mol. The van der Waals surface area contributed by atoms with Crippen molar-refractivity contribution in [2.45, 2.75) is 16.4 Å². The first kappa shape index (κ1) is 22.6. The molecule has 0 saturated carbocycles. The molecule has 2 rings (SSSR count). The molecule has 0 heterocycles. The normalized spacial score (nSPS) is 11.4. The van der Waals surface area contributed by atoms with Gasteiger partial charge < -0.3 is 5.11 Å². The number of aliphatic hydroxyl groups is 1. The van der Waals surface area contributed by atoms with Crippen molar-refractivity contribution >= 4 is 49.2 Å². The van der Waals surface area contributed by atoms with E-state index in [4.69, 9.17) is 28.3 Å². The minimum Gasteiger partial charge on any atom is -0.392 e. The van der Waals surface area contributed by atoms with E-state index < -0.39 is 19.7 Å². The first-order valence-corrected chi connectivity index (χ1v) is 11.5. The zero-order valence-corrected chi connectivity index (χ0v) is 17.0. The van der Waals surface area contributed by atoms with Crippen LogP contribution in [-0.4, -0.2) is 40.7 Å². The van der Waals surface area contributed by atoms with Crippen molar-refractivity contribution in [1.29, 1.82) is 0 Å². The number of aldehydes is 1. The molecule has 0 fully saturated rings. The molecule has 0 bridgehead atoms. The summed E-state index contributed by atoms with van der Waals surface area (Å²) in [6.07, 6.45) is 2.76. The summed E-state index contributed by atoms with van der Waals surface area (Å²) in [4.78, 5) is 10.4. The lowest BCUT2D eigenvalue weighted by Gasteiger charge is -2.02. The molecule has 0 unspecified atom stereocenters. The van der Waals surface area contributed by atoms with Crippen molar-refractivity contribution in [3.63, 3.8) is 0 Å². The van der Waals surface area contributed by atoms with Gasteiger partial charge >= 0.3 is 0 Å². The van der Waals surface area contributed by atoms with Gasteiger partial charge in [0.25, 0.3) is 0 Å². The van der Waals surface area contributed by atoms with Gasteiger partial charge in [-0.25, -0.2) is 16.8 Å². The highest BCUT2D eigenvalue weighted by Crippen LogP contribution is 2.23. The molecular weight excluding hydrogens is 423 g/mol. The lowest BCUT2D eigenvalue weighted by molar-refractivity contribution is 0.112. The molecule has 0 aliphatic rings. The Bertz CT molecular complexity index is 1020. The Morgan fingerprint density at radius 1 is 0.885 bits per heavy atom. The predicted molar refractivity (Wildman–Crippen MR) is 100 cm³/mol. The summed E-state index contributed by atoms with van der Waals surface area (Å²) in [7, 11) is -6.58. The maximum atomic E-state index is 11.1. The second-order valence-electron chi connectivity index (χ2n) is 5.27. The molecule has 0 aromatic heterocycles. The van der Waals surface area contributed by atoms with Gasteiger partial charge in [0.2, 0.25) is 0 Å². The summed E-state index contributed by atoms with van der Waals surface area (Å²) in [5.74, 6) is 0. The van der Waals surface area contributed by atoms with Crippen LogP contribution in [0.1, 0.15) is 15.9 Å². The van der Waals surface area contributed by atoms with Crippen LogP contribution in [0.15, 0.2) is 46.2 Å². The van der Waals surface area contributed by atoms with Gasteiger partial charge in [-0.05, 0) is 29.8 Å². The number of sulfone groups is 2. The van der Waals surface area contributed by atoms with Crippen molar-refractivity contribution in [1.82, 2.24) is 0 Å². The first-order chi connectivity index (χ1) is 11.9. The number of benzene rings is 2. The summed E-state index contributed by atoms with van der Waals surface area (Å²) >= 11 is 11.4. The highest BCUT2D eigenvalue weighted by molar-refractivity contribution is 7.91. The fourth-order valence-electron chi connectivity index (χ4n) is 1.83. The molecule has 142 valence electrons. The molecule has 0 aliphatic carbocycles. The maximum absolute atomic E-state index is 11.1. The van der Waals surface area contributed by atoms with E-state index in [1.807, 2.05) is 0 Å². The van der Waals surface area contributed by atoms with Crippen LogP contribution in [0, 0.1) is 0 Å². The fourth-order valence-corrected chi connectivity index (χ4v) is 4.52. The molecule has 0 saturated heterocycles. The van der Waals surface area contributed by atoms with E-state index in [0.29, 0.717) is 17.4 Å². The number of carbonyl (C=O) groups excluding carboxylic acids is 1. The van der Waals surface area contributed by atoms with E-state index in [1.54, 1.807) is 0 Å². The van der Waals surface area contributed by atoms with Crippen LogP contribution in [0.25, 0.3) is 0 Å². The lowest BCUT2D eigenvalue weighted by Crippen LogP contribution is -1.98. The van der Waals surface area contributed by atoms with Gasteiger partial charge in [0.05, 0.1) is 26.4 Å². The van der Waals surface area contributed by atoms with Crippen molar-refractivity contribution < 1.29 is 26.7 Å². The minimum atomic E-state index is -3.31. The third-order valence-electron chi connectivity index (χ3n) is 3.07. The van der Waals surface area contributed by atoms with E-state index in [1.165, 1.54) is 36.4 Å². The summed E-state index contributed by atoms with van der Waals surface area (Å²) in [6, 6.07) is 8.42. The molecule has 0 atom stereocenters. The van der Waals surface area contributed by atoms with Gasteiger partial charge in [0, 0.05) is 18.1 Å². The summed E-state index contributed by atoms with van der Waals surface area (Å²) < 4.78 is 44.4. The van der Waals surface area contributed by atoms with Crippen LogP contribution in [-0.2, 0) is 26.3 Å². The quantitative estimate of drug-likeness (QED) is 0.735. The molecule has 6 nitrogen and oxygen atoms in total. The smallest absolute Gasteiger partial charge is 0.176 e. The molecule has 1 N–H and O–H groups in total. The molecule has 10 heteroatoms. The molecule has 2 aromatic rings. The number of halogens is 2. The maximum Gasteiger partial charge on any atom is 0.176 e. The third kappa shape index (κ3) is 6.37. The zero-order valence-electron chi connectivity index (χ0n) is 13.8. The van der Waals surface area contributed by atoms with Crippen molar-refractivity contribution in [3.05, 3.63) is 57.6 Å². The highest BCUT2D eigenvalue weighted by Gasteiger charge is 2.12. The number of hydrogen-bond donors (Lipinski definition) is 1. The Morgan fingerprint density at radius 2 is 1.35 bits per heavy atom. The van der Waals surface area contributed by atoms with Gasteiger partial charge in [-0.3, -0.25) is 4.79 Å². The van der Waals surface area contributed by atoms with Crippen molar-refractivity contribution in [2.24, 2.45) is 0 Å². The lowest BCUT2D eigenvalue weighted by atomic mass is 10.2. The summed E-state index contributed by atoms with van der Waals surface area (Å²) in [6.45, 7) is -0.149. The standard InChI is InChI=1S/C8H9ClO3S.C8H7ClO3S/c2*1-13(11,12)8-3-2-6(5-10)4-7(8)9/h2-4,10H,5H2,1H3;2-5H,1H3. The Hall–Kier alpha value is -1.45. The largest absolute Gasteiger partial charge is 0.392 e. The van der Waals surface area contributed by atoms with Crippen molar-refractivity contribution in [2.75, 3.05) is 12.5 Å². The second kappa shape index (κ2) is 8.96. The van der Waals surface area contributed by atoms with E-state index in [-0.39, 0.29) is 26.4 Å². The molecule has 0 amide bonds. The molecular formula is C16H16Cl2O6S2. The van der Waals surface area contributed by atoms with E-state index in [2.05, 4.69) is 0 Å². The van der Waals surface area contributed by atoms with Gasteiger partial charge in [-0.15, -0.1) is 0 Å². The summed E-state index contributed by atoms with van der Waals surface area (Å²) in [5, 5.41) is 8.97. The summed E-state index contributed by atoms with van der Waals surface area (Å²) in [5.41, 5.74) is 0.954. The fraction of sp³-hybridized carbons (Fsp3) is 0.188. The SMILES string of the molecule is CS(=O)(=O)c1ccc(C=O)cc1Cl.CS(=O)(=O)c1ccc(CO)cc1Cl. The predicted octanol–water partition coefficient (Wildman–Crippen LogP) is 2.79. The van der Waals surface area contributed by atoms with Crippen LogP contribution in [0.4, 0.5) is 0 Å². The first-order valence-electron chi connectivity index (χ1n) is 6.94. The van der Waals surface area contributed by atoms with Crippen LogP contribution in [0.2, 0.25) is 10.0 Å². The van der Waals surface area contributed by atoms with Crippen LogP contribution in [0.5, 0.6) is 0 Å². The van der Waals surface area contributed by atoms with E-state index in [0.717, 1.165) is 12.5 Å². The molecule has 2 aromatic carbocycles. The van der Waals surface area contributed by atoms with Crippen LogP contribution in [0.3, 0.4) is 0 Å². The third-order valence-corrected chi connectivity index (χ3v) is 6.23. The Labute approximate surface area is 162 Å². The monoisotopic (exact) mass is 438 g/mol. The van der Waals surface area contributed by atoms with Gasteiger partial charge in [0.1, 0.15) is 6.29 Å². The van der Waals surface area contributed by atoms with Crippen molar-refractivity contribution in [3.8, 4) is 0 Å². The Kier molecular flexibility index (Phi) is 7.79. The zero-order chi connectivity index (χ0) is 20.1. The number of rotatable bonds is 4.